The Labute approximate surface area is 401 Å². The van der Waals surface area contributed by atoms with Gasteiger partial charge in [-0.15, -0.1) is 11.3 Å². The second-order valence-electron chi connectivity index (χ2n) is 15.9. The van der Waals surface area contributed by atoms with Gasteiger partial charge in [-0.05, 0) is 11.6 Å². The zero-order valence-corrected chi connectivity index (χ0v) is 38.9. The summed E-state index contributed by atoms with van der Waals surface area (Å²) in [6.45, 7) is 0. The van der Waals surface area contributed by atoms with Crippen molar-refractivity contribution in [2.24, 2.45) is 29.1 Å². The Morgan fingerprint density at radius 3 is 1.67 bits per heavy atom. The van der Waals surface area contributed by atoms with Crippen molar-refractivity contribution in [2.75, 3.05) is 48.0 Å². The molecule has 17 nitrogen and oxygen atoms in total. The molecule has 3 aromatic carbocycles. The smallest absolute Gasteiger partial charge is 0.426 e. The second-order valence-corrected chi connectivity index (χ2v) is 16.9. The van der Waals surface area contributed by atoms with Gasteiger partial charge in [-0.25, -0.2) is 4.79 Å². The lowest BCUT2D eigenvalue weighted by Crippen LogP contribution is -2.47. The largest absolute Gasteiger partial charge is 0.493 e. The third-order valence-electron chi connectivity index (χ3n) is 12.3. The predicted molar refractivity (Wildman–Crippen MR) is 229 cm³/mol. The first-order chi connectivity index (χ1) is 34.4. The number of carboxylic acid groups (broad SMARTS) is 1. The summed E-state index contributed by atoms with van der Waals surface area (Å²) < 4.78 is 224. The lowest BCUT2D eigenvalue weighted by atomic mass is 10.0. The molecule has 3 aromatic heterocycles. The molecule has 1 unspecified atom stereocenters. The number of nitrogens with zero attached hydrogens (tertiary/aromatic N) is 7. The summed E-state index contributed by atoms with van der Waals surface area (Å²) in [6, 6.07) is 0. The number of thiophene rings is 1. The predicted octanol–water partition coefficient (Wildman–Crippen LogP) is 6.79. The number of aliphatic imine (C=N–C) groups is 1. The molecule has 6 aromatic rings. The Morgan fingerprint density at radius 1 is 0.644 bits per heavy atom. The Morgan fingerprint density at radius 2 is 1.14 bits per heavy atom. The lowest BCUT2D eigenvalue weighted by Gasteiger charge is -2.20. The topological polar surface area (TPSA) is 170 Å². The number of carbonyl (C=O) groups is 1. The minimum atomic E-state index is -5.67. The number of alkyl halides is 6. The fraction of sp³-hybridized carbons (Fsp3) is 0.256. The summed E-state index contributed by atoms with van der Waals surface area (Å²) in [6.07, 6.45) is -13.1. The van der Waals surface area contributed by atoms with Crippen LogP contribution in [0.5, 0.6) is 34.5 Å². The third-order valence-corrected chi connectivity index (χ3v) is 13.5. The number of rotatable bonds is 8. The highest BCUT2D eigenvalue weighted by atomic mass is 32.1. The van der Waals surface area contributed by atoms with Crippen molar-refractivity contribution in [3.63, 3.8) is 0 Å². The Balaban J connectivity index is 1.56. The summed E-state index contributed by atoms with van der Waals surface area (Å²) in [5.74, 6) is -21.1. The first kappa shape index (κ1) is 48.4. The van der Waals surface area contributed by atoms with Crippen molar-refractivity contribution in [3.05, 3.63) is 83.5 Å². The lowest BCUT2D eigenvalue weighted by molar-refractivity contribution is -0.786. The number of carboxylic acids is 1. The molecule has 73 heavy (non-hydrogen) atoms. The van der Waals surface area contributed by atoms with Crippen LogP contribution in [-0.4, -0.2) is 95.9 Å². The number of methoxy groups -OCH3 is 6. The van der Waals surface area contributed by atoms with Gasteiger partial charge in [0.05, 0.1) is 69.8 Å². The van der Waals surface area contributed by atoms with Crippen LogP contribution in [0.1, 0.15) is 38.2 Å². The van der Waals surface area contributed by atoms with E-state index in [9.17, 15) is 23.1 Å². The Kier molecular flexibility index (Phi) is 10.7. The van der Waals surface area contributed by atoms with Gasteiger partial charge in [-0.1, -0.05) is 9.37 Å². The molecule has 0 spiro atoms. The third kappa shape index (κ3) is 6.36. The Bertz CT molecular complexity index is 3830. The fourth-order valence-electron chi connectivity index (χ4n) is 9.37. The van der Waals surface area contributed by atoms with E-state index in [2.05, 4.69) is 20.8 Å². The first-order valence-electron chi connectivity index (χ1n) is 20.4. The summed E-state index contributed by atoms with van der Waals surface area (Å²) in [5.41, 5.74) is -3.40. The van der Waals surface area contributed by atoms with E-state index in [1.54, 1.807) is 0 Å². The molecular formula is C43H29F12N9O8S+2. The minimum Gasteiger partial charge on any atom is -0.493 e. The number of halogens is 12. The number of hydrazone groups is 2. The molecule has 7 heterocycles. The van der Waals surface area contributed by atoms with E-state index in [-0.39, 0.29) is 28.6 Å². The van der Waals surface area contributed by atoms with Gasteiger partial charge in [0.15, 0.2) is 45.8 Å². The molecule has 6 bridgehead atoms. The maximum atomic E-state index is 16.5. The quantitative estimate of drug-likeness (QED) is 0.0839. The van der Waals surface area contributed by atoms with E-state index in [1.165, 1.54) is 7.05 Å². The van der Waals surface area contributed by atoms with Crippen LogP contribution >= 0.6 is 11.3 Å². The monoisotopic (exact) mass is 1060 g/mol. The molecule has 0 aliphatic carbocycles. The van der Waals surface area contributed by atoms with Crippen molar-refractivity contribution in [3.8, 4) is 34.5 Å². The summed E-state index contributed by atoms with van der Waals surface area (Å²) in [5, 5.41) is 10.1. The molecule has 0 fully saturated rings. The van der Waals surface area contributed by atoms with Gasteiger partial charge in [0, 0.05) is 24.0 Å². The molecule has 382 valence electrons. The number of hydrazine groups is 2. The molecule has 0 amide bonds. The minimum absolute atomic E-state index is 0.0650. The average Bonchev–Trinajstić information content (AvgIpc) is 4.07. The van der Waals surface area contributed by atoms with Gasteiger partial charge in [-0.3, -0.25) is 4.57 Å². The fourth-order valence-corrected chi connectivity index (χ4v) is 10.5. The molecule has 3 N–H and O–H groups in total. The van der Waals surface area contributed by atoms with Crippen molar-refractivity contribution < 1.29 is 100 Å². The highest BCUT2D eigenvalue weighted by molar-refractivity contribution is 7.14. The zero-order chi connectivity index (χ0) is 53.0. The number of hydrogen-bond acceptors (Lipinski definition) is 13. The molecule has 30 heteroatoms. The van der Waals surface area contributed by atoms with Crippen LogP contribution < -0.4 is 50.2 Å². The van der Waals surface area contributed by atoms with E-state index < -0.39 is 182 Å². The number of aliphatic carboxylic acids is 1. The molecule has 4 aliphatic rings. The van der Waals surface area contributed by atoms with Gasteiger partial charge in [0.25, 0.3) is 23.3 Å². The normalized spacial score (nSPS) is 15.9. The van der Waals surface area contributed by atoms with Crippen LogP contribution in [0.4, 0.5) is 64.3 Å². The number of benzene rings is 3. The maximum absolute atomic E-state index is 16.5. The van der Waals surface area contributed by atoms with Crippen LogP contribution in [0.3, 0.4) is 0 Å². The molecule has 0 saturated carbocycles. The Hall–Kier alpha value is -8.18. The van der Waals surface area contributed by atoms with Crippen molar-refractivity contribution in [1.82, 2.24) is 14.7 Å². The molecule has 1 atom stereocenters. The van der Waals surface area contributed by atoms with Crippen molar-refractivity contribution in [2.45, 2.75) is 18.5 Å². The van der Waals surface area contributed by atoms with Gasteiger partial charge >= 0.3 is 24.2 Å². The molecule has 10 rings (SSSR count). The van der Waals surface area contributed by atoms with Gasteiger partial charge in [0.2, 0.25) is 34.9 Å². The number of anilines is 1. The summed E-state index contributed by atoms with van der Waals surface area (Å²) >= 11 is -0.347. The molecule has 4 aliphatic heterocycles. The van der Waals surface area contributed by atoms with Gasteiger partial charge in [-0.2, -0.15) is 62.7 Å². The number of aromatic nitrogens is 2. The van der Waals surface area contributed by atoms with E-state index in [1.807, 2.05) is 0 Å². The summed E-state index contributed by atoms with van der Waals surface area (Å²) in [4.78, 5) is 23.4. The highest BCUT2D eigenvalue weighted by Gasteiger charge is 2.55. The van der Waals surface area contributed by atoms with E-state index >= 15 is 39.5 Å². The molecule has 0 saturated heterocycles. The molecule has 0 radical (unpaired) electrons. The summed E-state index contributed by atoms with van der Waals surface area (Å²) in [7, 11) is 7.83. The number of fused-ring (bicyclic) bond motifs is 16. The van der Waals surface area contributed by atoms with Crippen molar-refractivity contribution >= 4 is 74.1 Å². The van der Waals surface area contributed by atoms with Crippen LogP contribution in [-0.2, 0) is 25.1 Å². The average molecular weight is 1060 g/mol. The number of ether oxygens (including phenoxy) is 6. The van der Waals surface area contributed by atoms with Gasteiger partial charge in [0.1, 0.15) is 33.0 Å². The highest BCUT2D eigenvalue weighted by Crippen LogP contribution is 2.53. The SMILES string of the molecule is COc1c(F)c(F)c(OC)c2c1C1=Nc3c4c(OC)c(F)c(F)c(OC)c4c(n3C)NC3c4c(OC)c(F)c(F)c(OC)c4C4=[N+]3N[N+]1=C2N=c1c2c(C(F)(F)F)sc(C=C(C(=O)O)C(F)(F)F)c2c(n1C)=N4. The van der Waals surface area contributed by atoms with Crippen LogP contribution in [0, 0.1) is 34.9 Å². The molecular weight excluding hydrogens is 1030 g/mol. The van der Waals surface area contributed by atoms with Crippen molar-refractivity contribution in [1.29, 1.82) is 0 Å². The number of nitrogens with one attached hydrogen (secondary N) is 2. The second kappa shape index (κ2) is 16.2. The van der Waals surface area contributed by atoms with E-state index in [0.717, 1.165) is 68.2 Å². The van der Waals surface area contributed by atoms with Crippen LogP contribution in [0.25, 0.3) is 27.6 Å². The van der Waals surface area contributed by atoms with Crippen LogP contribution in [0.15, 0.2) is 20.6 Å². The first-order valence-corrected chi connectivity index (χ1v) is 21.3. The zero-order valence-electron chi connectivity index (χ0n) is 38.0. The maximum Gasteiger partial charge on any atom is 0.426 e. The van der Waals surface area contributed by atoms with Crippen LogP contribution in [0.2, 0.25) is 0 Å². The van der Waals surface area contributed by atoms with E-state index in [4.69, 9.17) is 33.4 Å². The standard InChI is InChI=1S/C43H27F12N9O8S/c1-61-33-12-11(9-10(41(65)66)42(50,51)52)73-32(43(53,54)55)19(12)36(61)59-40-18-17(30(71-7)24(48)25(49)31(18)72-8)39-58-35-14-13(26(67-3)20(44)21(45)27(14)68-4)34(62(35)2)57-38-16-15(37(56-33)63(38)60-64(39)40)28(69-5)22(46)23(47)29(16)70-6/h9,38,60H,1-8H3/p+2. The number of hydrogen-bond donors (Lipinski definition) is 3. The van der Waals surface area contributed by atoms with E-state index in [0.29, 0.717) is 0 Å². The number of amidine groups is 3. The van der Waals surface area contributed by atoms with Gasteiger partial charge < -0.3 is 43.4 Å².